The van der Waals surface area contributed by atoms with Gasteiger partial charge in [0, 0.05) is 0 Å². The summed E-state index contributed by atoms with van der Waals surface area (Å²) in [6.07, 6.45) is 0. The average molecular weight is 206 g/mol. The van der Waals surface area contributed by atoms with Crippen molar-refractivity contribution in [2.45, 2.75) is 25.0 Å². The second-order valence-corrected chi connectivity index (χ2v) is 4.03. The molecule has 1 heterocycles. The maximum Gasteiger partial charge on any atom is 0.341 e. The number of carbonyl (C=O) groups excluding carboxylic acids is 1. The van der Waals surface area contributed by atoms with E-state index in [-0.39, 0.29) is 5.97 Å². The Hall–Kier alpha value is -1.35. The number of methoxy groups -OCH3 is 1. The molecule has 2 atom stereocenters. The molecule has 1 saturated heterocycles. The predicted octanol–water partition coefficient (Wildman–Crippen LogP) is 1.86. The highest BCUT2D eigenvalue weighted by Gasteiger charge is 2.70. The van der Waals surface area contributed by atoms with Crippen LogP contribution in [0.4, 0.5) is 0 Å². The van der Waals surface area contributed by atoms with Gasteiger partial charge in [-0.2, -0.15) is 0 Å². The molecular formula is C12H14O3. The maximum atomic E-state index is 11.5. The second-order valence-electron chi connectivity index (χ2n) is 4.03. The molecule has 80 valence electrons. The van der Waals surface area contributed by atoms with Gasteiger partial charge >= 0.3 is 5.97 Å². The number of hydrogen-bond acceptors (Lipinski definition) is 3. The monoisotopic (exact) mass is 206 g/mol. The fraction of sp³-hybridized carbons (Fsp3) is 0.417. The Morgan fingerprint density at radius 1 is 1.27 bits per heavy atom. The van der Waals surface area contributed by atoms with Crippen molar-refractivity contribution in [2.75, 3.05) is 7.11 Å². The third-order valence-corrected chi connectivity index (χ3v) is 3.18. The van der Waals surface area contributed by atoms with E-state index < -0.39 is 11.2 Å². The molecule has 1 aromatic rings. The Morgan fingerprint density at radius 2 is 1.87 bits per heavy atom. The molecule has 1 aliphatic rings. The first-order valence-electron chi connectivity index (χ1n) is 4.89. The first-order valence-corrected chi connectivity index (χ1v) is 4.89. The summed E-state index contributed by atoms with van der Waals surface area (Å²) < 4.78 is 10.3. The minimum absolute atomic E-state index is 0.325. The molecule has 0 amide bonds. The summed E-state index contributed by atoms with van der Waals surface area (Å²) in [6, 6.07) is 9.70. The van der Waals surface area contributed by atoms with Gasteiger partial charge in [0.15, 0.2) is 5.60 Å². The van der Waals surface area contributed by atoms with Crippen LogP contribution in [-0.2, 0) is 19.9 Å². The molecule has 0 aliphatic carbocycles. The Morgan fingerprint density at radius 3 is 2.40 bits per heavy atom. The zero-order chi connectivity index (χ0) is 11.1. The van der Waals surface area contributed by atoms with Crippen LogP contribution in [0.3, 0.4) is 0 Å². The average Bonchev–Trinajstić information content (AvgIpc) is 2.85. The molecule has 0 N–H and O–H groups in total. The summed E-state index contributed by atoms with van der Waals surface area (Å²) in [5.41, 5.74) is -0.400. The van der Waals surface area contributed by atoms with E-state index in [2.05, 4.69) is 0 Å². The van der Waals surface area contributed by atoms with Crippen molar-refractivity contribution in [3.63, 3.8) is 0 Å². The molecule has 2 unspecified atom stereocenters. The standard InChI is InChI=1S/C12H14O3/c1-11(9-7-5-4-6-8-9)12(2,15-11)10(13)14-3/h4-8H,1-3H3. The summed E-state index contributed by atoms with van der Waals surface area (Å²) in [5.74, 6) is -0.325. The highest BCUT2D eigenvalue weighted by Crippen LogP contribution is 2.55. The van der Waals surface area contributed by atoms with Gasteiger partial charge in [-0.1, -0.05) is 30.3 Å². The van der Waals surface area contributed by atoms with E-state index in [4.69, 9.17) is 9.47 Å². The number of hydrogen-bond donors (Lipinski definition) is 0. The van der Waals surface area contributed by atoms with Crippen LogP contribution in [0.25, 0.3) is 0 Å². The molecule has 3 heteroatoms. The van der Waals surface area contributed by atoms with Crippen LogP contribution in [0.1, 0.15) is 19.4 Å². The Balaban J connectivity index is 2.31. The van der Waals surface area contributed by atoms with E-state index >= 15 is 0 Å². The first kappa shape index (κ1) is 10.2. The van der Waals surface area contributed by atoms with Crippen molar-refractivity contribution in [3.8, 4) is 0 Å². The van der Waals surface area contributed by atoms with E-state index in [0.717, 1.165) is 5.56 Å². The first-order chi connectivity index (χ1) is 7.04. The quantitative estimate of drug-likeness (QED) is 0.547. The lowest BCUT2D eigenvalue weighted by molar-refractivity contribution is -0.146. The van der Waals surface area contributed by atoms with Gasteiger partial charge in [0.2, 0.25) is 0 Å². The molecule has 2 rings (SSSR count). The van der Waals surface area contributed by atoms with Gasteiger partial charge in [-0.05, 0) is 19.4 Å². The van der Waals surface area contributed by atoms with Gasteiger partial charge in [0.1, 0.15) is 5.60 Å². The lowest BCUT2D eigenvalue weighted by Crippen LogP contribution is -2.29. The Bertz CT molecular complexity index is 387. The molecule has 15 heavy (non-hydrogen) atoms. The van der Waals surface area contributed by atoms with E-state index in [1.54, 1.807) is 6.92 Å². The molecule has 1 aliphatic heterocycles. The molecule has 3 nitrogen and oxygen atoms in total. The summed E-state index contributed by atoms with van der Waals surface area (Å²) in [7, 11) is 1.38. The molecule has 0 saturated carbocycles. The van der Waals surface area contributed by atoms with Crippen molar-refractivity contribution in [1.82, 2.24) is 0 Å². The molecule has 1 fully saturated rings. The number of epoxide rings is 1. The van der Waals surface area contributed by atoms with E-state index in [9.17, 15) is 4.79 Å². The van der Waals surface area contributed by atoms with E-state index in [0.29, 0.717) is 0 Å². The summed E-state index contributed by atoms with van der Waals surface area (Å²) >= 11 is 0. The lowest BCUT2D eigenvalue weighted by atomic mass is 9.89. The minimum atomic E-state index is -0.844. The predicted molar refractivity (Wildman–Crippen MR) is 55.3 cm³/mol. The zero-order valence-corrected chi connectivity index (χ0v) is 9.11. The van der Waals surface area contributed by atoms with Crippen molar-refractivity contribution in [1.29, 1.82) is 0 Å². The van der Waals surface area contributed by atoms with Gasteiger partial charge in [-0.3, -0.25) is 0 Å². The van der Waals surface area contributed by atoms with Crippen molar-refractivity contribution >= 4 is 5.97 Å². The van der Waals surface area contributed by atoms with Crippen LogP contribution in [0.5, 0.6) is 0 Å². The van der Waals surface area contributed by atoms with E-state index in [1.165, 1.54) is 7.11 Å². The van der Waals surface area contributed by atoms with Crippen LogP contribution in [-0.4, -0.2) is 18.7 Å². The highest BCUT2D eigenvalue weighted by atomic mass is 16.7. The van der Waals surface area contributed by atoms with Crippen LogP contribution in [0.15, 0.2) is 30.3 Å². The molecule has 0 aromatic heterocycles. The Kier molecular flexibility index (Phi) is 2.08. The van der Waals surface area contributed by atoms with Gasteiger partial charge < -0.3 is 9.47 Å². The lowest BCUT2D eigenvalue weighted by Gasteiger charge is -2.10. The molecule has 0 radical (unpaired) electrons. The maximum absolute atomic E-state index is 11.5. The van der Waals surface area contributed by atoms with Crippen LogP contribution >= 0.6 is 0 Å². The topological polar surface area (TPSA) is 38.8 Å². The SMILES string of the molecule is COC(=O)C1(C)OC1(C)c1ccccc1. The van der Waals surface area contributed by atoms with Crippen LogP contribution in [0, 0.1) is 0 Å². The molecular weight excluding hydrogens is 192 g/mol. The van der Waals surface area contributed by atoms with E-state index in [1.807, 2.05) is 37.3 Å². The van der Waals surface area contributed by atoms with Crippen LogP contribution < -0.4 is 0 Å². The molecule has 0 spiro atoms. The smallest absolute Gasteiger partial charge is 0.341 e. The number of rotatable bonds is 2. The fourth-order valence-electron chi connectivity index (χ4n) is 1.90. The molecule has 0 bridgehead atoms. The van der Waals surface area contributed by atoms with Crippen molar-refractivity contribution in [2.24, 2.45) is 0 Å². The van der Waals surface area contributed by atoms with Crippen LogP contribution in [0.2, 0.25) is 0 Å². The van der Waals surface area contributed by atoms with Gasteiger partial charge in [-0.15, -0.1) is 0 Å². The summed E-state index contributed by atoms with van der Waals surface area (Å²) in [6.45, 7) is 3.66. The second kappa shape index (κ2) is 3.07. The van der Waals surface area contributed by atoms with Gasteiger partial charge in [-0.25, -0.2) is 4.79 Å². The largest absolute Gasteiger partial charge is 0.467 e. The Labute approximate surface area is 89.0 Å². The third kappa shape index (κ3) is 1.27. The number of esters is 1. The van der Waals surface area contributed by atoms with Crippen molar-refractivity contribution in [3.05, 3.63) is 35.9 Å². The minimum Gasteiger partial charge on any atom is -0.467 e. The van der Waals surface area contributed by atoms with Gasteiger partial charge in [0.25, 0.3) is 0 Å². The molecule has 1 aromatic carbocycles. The number of benzene rings is 1. The zero-order valence-electron chi connectivity index (χ0n) is 9.11. The number of carbonyl (C=O) groups is 1. The summed E-state index contributed by atoms with van der Waals surface area (Å²) in [4.78, 5) is 11.5. The number of ether oxygens (including phenoxy) is 2. The van der Waals surface area contributed by atoms with Gasteiger partial charge in [0.05, 0.1) is 7.11 Å². The third-order valence-electron chi connectivity index (χ3n) is 3.18. The van der Waals surface area contributed by atoms with Crippen molar-refractivity contribution < 1.29 is 14.3 Å². The highest BCUT2D eigenvalue weighted by molar-refractivity contribution is 5.84. The normalized spacial score (nSPS) is 33.5. The fourth-order valence-corrected chi connectivity index (χ4v) is 1.90. The summed E-state index contributed by atoms with van der Waals surface area (Å²) in [5, 5.41) is 0.